The lowest BCUT2D eigenvalue weighted by atomic mass is 10.1. The lowest BCUT2D eigenvalue weighted by Gasteiger charge is -2.20. The van der Waals surface area contributed by atoms with E-state index in [9.17, 15) is 4.79 Å². The summed E-state index contributed by atoms with van der Waals surface area (Å²) in [6, 6.07) is 9.75. The Labute approximate surface area is 256 Å². The molecule has 2 rings (SSSR count). The second kappa shape index (κ2) is 24.3. The summed E-state index contributed by atoms with van der Waals surface area (Å²) >= 11 is 5.75. The van der Waals surface area contributed by atoms with E-state index >= 15 is 0 Å². The van der Waals surface area contributed by atoms with Gasteiger partial charge in [-0.2, -0.15) is 0 Å². The topological polar surface area (TPSA) is 61.1 Å². The number of nitrogens with one attached hydrogen (secondary N) is 1. The van der Waals surface area contributed by atoms with Gasteiger partial charge >= 0.3 is 0 Å². The van der Waals surface area contributed by atoms with Crippen LogP contribution in [0.3, 0.4) is 0 Å². The third kappa shape index (κ3) is 20.3. The number of anilines is 1. The molecule has 0 aliphatic carbocycles. The summed E-state index contributed by atoms with van der Waals surface area (Å²) in [5.74, 6) is 2.02. The van der Waals surface area contributed by atoms with Gasteiger partial charge in [0.15, 0.2) is 5.22 Å². The van der Waals surface area contributed by atoms with Crippen molar-refractivity contribution in [1.29, 1.82) is 0 Å². The molecule has 0 bridgehead atoms. The summed E-state index contributed by atoms with van der Waals surface area (Å²) in [7, 11) is 2.08. The fourth-order valence-corrected chi connectivity index (χ4v) is 3.93. The number of hydrogen-bond acceptors (Lipinski definition) is 5. The first-order valence-corrected chi connectivity index (χ1v) is 16.0. The minimum Gasteiger partial charge on any atom is -0.444 e. The van der Waals surface area contributed by atoms with Crippen LogP contribution in [0.15, 0.2) is 39.7 Å². The number of benzene rings is 1. The minimum absolute atomic E-state index is 0.374. The normalized spacial score (nSPS) is 10.8. The maximum Gasteiger partial charge on any atom is 0.209 e. The smallest absolute Gasteiger partial charge is 0.209 e. The molecule has 0 fully saturated rings. The molecule has 1 aromatic heterocycles. The molecule has 7 heteroatoms. The zero-order valence-electron chi connectivity index (χ0n) is 27.5. The molecule has 0 spiro atoms. The molecule has 234 valence electrons. The molecule has 0 unspecified atom stereocenters. The Morgan fingerprint density at radius 1 is 0.951 bits per heavy atom. The van der Waals surface area contributed by atoms with Crippen molar-refractivity contribution in [1.82, 2.24) is 10.2 Å². The maximum absolute atomic E-state index is 10.7. The second-order valence-electron chi connectivity index (χ2n) is 11.4. The monoisotopic (exact) mass is 590 g/mol. The Bertz CT molecular complexity index is 925. The van der Waals surface area contributed by atoms with Crippen molar-refractivity contribution in [2.75, 3.05) is 44.7 Å². The van der Waals surface area contributed by atoms with Gasteiger partial charge in [0.2, 0.25) is 6.41 Å². The van der Waals surface area contributed by atoms with E-state index in [0.29, 0.717) is 22.8 Å². The first-order chi connectivity index (χ1) is 19.6. The van der Waals surface area contributed by atoms with Crippen LogP contribution in [0.4, 0.5) is 11.4 Å². The van der Waals surface area contributed by atoms with E-state index in [2.05, 4.69) is 89.8 Å². The van der Waals surface area contributed by atoms with Crippen molar-refractivity contribution in [2.45, 2.75) is 93.9 Å². The molecule has 0 saturated heterocycles. The molecule has 0 atom stereocenters. The number of halogens is 1. The van der Waals surface area contributed by atoms with Crippen molar-refractivity contribution >= 4 is 35.6 Å². The molecule has 0 saturated carbocycles. The first-order valence-electron chi connectivity index (χ1n) is 15.6. The maximum atomic E-state index is 10.7. The van der Waals surface area contributed by atoms with E-state index in [4.69, 9.17) is 16.0 Å². The van der Waals surface area contributed by atoms with Gasteiger partial charge in [0.1, 0.15) is 5.76 Å². The Hall–Kier alpha value is -2.31. The van der Waals surface area contributed by atoms with Crippen LogP contribution in [0.2, 0.25) is 5.22 Å². The molecule has 1 aromatic carbocycles. The number of hydrogen-bond donors (Lipinski definition) is 1. The van der Waals surface area contributed by atoms with Crippen LogP contribution < -0.4 is 10.2 Å². The highest BCUT2D eigenvalue weighted by atomic mass is 35.5. The number of carbonyl (C=O) groups excluding carboxylic acids is 1. The van der Waals surface area contributed by atoms with Crippen LogP contribution in [0.1, 0.15) is 98.3 Å². The molecular formula is C34H59ClN4O2. The highest BCUT2D eigenvalue weighted by Crippen LogP contribution is 2.29. The second-order valence-corrected chi connectivity index (χ2v) is 11.8. The van der Waals surface area contributed by atoms with Gasteiger partial charge in [-0.25, -0.2) is 0 Å². The SMILES string of the molecule is CC(C)CCN(C=O)CCC(C)C.CCCCCNCC.CCCN(C)c1cc(C)ccc1N=Cc1ccc(Cl)o1. The van der Waals surface area contributed by atoms with Crippen LogP contribution >= 0.6 is 11.6 Å². The van der Waals surface area contributed by atoms with E-state index in [0.717, 1.165) is 63.2 Å². The van der Waals surface area contributed by atoms with Crippen molar-refractivity contribution < 1.29 is 9.21 Å². The van der Waals surface area contributed by atoms with E-state index in [-0.39, 0.29) is 0 Å². The molecule has 1 heterocycles. The summed E-state index contributed by atoms with van der Waals surface area (Å²) in [4.78, 5) is 19.3. The van der Waals surface area contributed by atoms with Gasteiger partial charge in [-0.1, -0.05) is 67.4 Å². The van der Waals surface area contributed by atoms with Gasteiger partial charge < -0.3 is 19.5 Å². The molecule has 1 N–H and O–H groups in total. The summed E-state index contributed by atoms with van der Waals surface area (Å²) in [5, 5.41) is 3.66. The number of carbonyl (C=O) groups is 1. The molecule has 0 aliphatic heterocycles. The van der Waals surface area contributed by atoms with E-state index in [1.807, 2.05) is 11.0 Å². The molecule has 41 heavy (non-hydrogen) atoms. The number of aliphatic imine (C=N–C) groups is 1. The van der Waals surface area contributed by atoms with E-state index < -0.39 is 0 Å². The third-order valence-electron chi connectivity index (χ3n) is 6.37. The fourth-order valence-electron chi connectivity index (χ4n) is 3.78. The Kier molecular flexibility index (Phi) is 22.9. The fraction of sp³-hybridized carbons (Fsp3) is 0.647. The molecule has 1 amide bonds. The average molecular weight is 591 g/mol. The van der Waals surface area contributed by atoms with Crippen molar-refractivity contribution in [2.24, 2.45) is 16.8 Å². The zero-order valence-corrected chi connectivity index (χ0v) is 28.3. The molecular weight excluding hydrogens is 532 g/mol. The highest BCUT2D eigenvalue weighted by molar-refractivity contribution is 6.28. The van der Waals surface area contributed by atoms with Gasteiger partial charge in [-0.05, 0) is 99.0 Å². The molecule has 2 aromatic rings. The largest absolute Gasteiger partial charge is 0.444 e. The minimum atomic E-state index is 0.374. The van der Waals surface area contributed by atoms with Crippen molar-refractivity contribution in [3.63, 3.8) is 0 Å². The van der Waals surface area contributed by atoms with Gasteiger partial charge in [0.25, 0.3) is 0 Å². The van der Waals surface area contributed by atoms with Crippen LogP contribution in [-0.4, -0.2) is 57.3 Å². The predicted molar refractivity (Wildman–Crippen MR) is 180 cm³/mol. The first kappa shape index (κ1) is 38.7. The Morgan fingerprint density at radius 3 is 2.10 bits per heavy atom. The summed E-state index contributed by atoms with van der Waals surface area (Å²) in [6.07, 6.45) is 10.0. The third-order valence-corrected chi connectivity index (χ3v) is 6.57. The molecule has 0 radical (unpaired) electrons. The number of unbranched alkanes of at least 4 members (excludes halogenated alkanes) is 2. The van der Waals surface area contributed by atoms with Crippen LogP contribution in [0.5, 0.6) is 0 Å². The number of rotatable bonds is 17. The molecule has 6 nitrogen and oxygen atoms in total. The van der Waals surface area contributed by atoms with Crippen molar-refractivity contribution in [3.8, 4) is 0 Å². The Morgan fingerprint density at radius 2 is 1.61 bits per heavy atom. The standard InChI is InChI=1S/C16H19ClN2O.C11H23NO.C7H17N/c1-4-9-19(3)15-10-12(2)5-7-14(15)18-11-13-6-8-16(17)20-13;1-10(2)5-7-12(9-13)8-6-11(3)4;1-3-5-6-7-8-4-2/h5-8,10-11H,4,9H2,1-3H3;9-11H,5-8H2,1-4H3;8H,3-7H2,1-2H3. The van der Waals surface area contributed by atoms with Crippen molar-refractivity contribution in [3.05, 3.63) is 46.9 Å². The van der Waals surface area contributed by atoms with E-state index in [1.165, 1.54) is 31.4 Å². The lowest BCUT2D eigenvalue weighted by molar-refractivity contribution is -0.118. The van der Waals surface area contributed by atoms with Crippen LogP contribution in [-0.2, 0) is 4.79 Å². The number of nitrogens with zero attached hydrogens (tertiary/aromatic N) is 3. The van der Waals surface area contributed by atoms with Crippen LogP contribution in [0, 0.1) is 18.8 Å². The van der Waals surface area contributed by atoms with E-state index in [1.54, 1.807) is 18.3 Å². The number of furan rings is 1. The summed E-state index contributed by atoms with van der Waals surface area (Å²) < 4.78 is 5.28. The number of aryl methyl sites for hydroxylation is 1. The zero-order chi connectivity index (χ0) is 31.0. The van der Waals surface area contributed by atoms with Gasteiger partial charge in [-0.15, -0.1) is 0 Å². The summed E-state index contributed by atoms with van der Waals surface area (Å²) in [6.45, 7) is 22.5. The van der Waals surface area contributed by atoms with Gasteiger partial charge in [0.05, 0.1) is 17.6 Å². The van der Waals surface area contributed by atoms with Gasteiger partial charge in [0, 0.05) is 26.7 Å². The average Bonchev–Trinajstić information content (AvgIpc) is 3.36. The molecule has 0 aliphatic rings. The number of amides is 1. The quantitative estimate of drug-likeness (QED) is 0.113. The highest BCUT2D eigenvalue weighted by Gasteiger charge is 2.07. The van der Waals surface area contributed by atoms with Crippen LogP contribution in [0.25, 0.3) is 0 Å². The Balaban J connectivity index is 0.000000656. The summed E-state index contributed by atoms with van der Waals surface area (Å²) in [5.41, 5.74) is 3.28. The lowest BCUT2D eigenvalue weighted by Crippen LogP contribution is -2.26. The van der Waals surface area contributed by atoms with Gasteiger partial charge in [-0.3, -0.25) is 9.79 Å². The predicted octanol–water partition coefficient (Wildman–Crippen LogP) is 9.16.